The van der Waals surface area contributed by atoms with Crippen molar-refractivity contribution in [3.63, 3.8) is 0 Å². The zero-order valence-electron chi connectivity index (χ0n) is 15.4. The predicted molar refractivity (Wildman–Crippen MR) is 95.8 cm³/mol. The third-order valence-electron chi connectivity index (χ3n) is 6.32. The van der Waals surface area contributed by atoms with Crippen molar-refractivity contribution in [1.82, 2.24) is 0 Å². The van der Waals surface area contributed by atoms with Gasteiger partial charge in [0.2, 0.25) is 0 Å². The van der Waals surface area contributed by atoms with Crippen LogP contribution in [0.3, 0.4) is 0 Å². The van der Waals surface area contributed by atoms with E-state index >= 15 is 0 Å². The summed E-state index contributed by atoms with van der Waals surface area (Å²) < 4.78 is 0.924. The Balaban J connectivity index is 1.87. The maximum absolute atomic E-state index is 12.9. The first-order chi connectivity index (χ1) is 10.5. The summed E-state index contributed by atoms with van der Waals surface area (Å²) in [6, 6.07) is 8.71. The van der Waals surface area contributed by atoms with E-state index in [0.717, 1.165) is 35.0 Å². The molecule has 3 rings (SSSR count). The van der Waals surface area contributed by atoms with Gasteiger partial charge in [0, 0.05) is 11.0 Å². The topological polar surface area (TPSA) is 17.1 Å². The van der Waals surface area contributed by atoms with Gasteiger partial charge in [-0.15, -0.1) is 0 Å². The highest BCUT2D eigenvalue weighted by Crippen LogP contribution is 2.65. The Bertz CT molecular complexity index is 660. The fourth-order valence-corrected chi connectivity index (χ4v) is 4.54. The molecule has 0 N–H and O–H groups in total. The number of hydrogen-bond donors (Lipinski definition) is 0. The van der Waals surface area contributed by atoms with E-state index in [0.29, 0.717) is 11.7 Å². The number of rotatable bonds is 3. The highest BCUT2D eigenvalue weighted by molar-refractivity contribution is 6.07. The first-order valence-corrected chi connectivity index (χ1v) is 8.70. The van der Waals surface area contributed by atoms with E-state index in [9.17, 15) is 4.79 Å². The molecule has 23 heavy (non-hydrogen) atoms. The monoisotopic (exact) mass is 312 g/mol. The van der Waals surface area contributed by atoms with Gasteiger partial charge in [-0.2, -0.15) is 0 Å². The summed E-state index contributed by atoms with van der Waals surface area (Å²) in [4.78, 5) is 12.9. The Kier molecular flexibility index (Phi) is 3.61. The molecule has 1 aromatic carbocycles. The number of carbonyl (C=O) groups excluding carboxylic acids is 1. The molecular formula is C21H30NO+. The summed E-state index contributed by atoms with van der Waals surface area (Å²) in [5.41, 5.74) is 3.49. The average Bonchev–Trinajstić information content (AvgIpc) is 2.74. The van der Waals surface area contributed by atoms with Crippen LogP contribution in [-0.4, -0.2) is 31.4 Å². The van der Waals surface area contributed by atoms with Crippen molar-refractivity contribution in [2.45, 2.75) is 40.2 Å². The van der Waals surface area contributed by atoms with Crippen LogP contribution in [-0.2, 0) is 11.3 Å². The predicted octanol–water partition coefficient (Wildman–Crippen LogP) is 4.30. The van der Waals surface area contributed by atoms with Gasteiger partial charge in [0.15, 0.2) is 5.78 Å². The number of allylic oxidation sites excluding steroid dienone is 1. The van der Waals surface area contributed by atoms with Gasteiger partial charge in [-0.05, 0) is 41.4 Å². The minimum absolute atomic E-state index is 0.0968. The molecule has 0 amide bonds. The standard InChI is InChI=1S/C21H30NO/c1-20(2)18-11-12-21(20,3)19(23)17(18)13-15-7-9-16(10-8-15)14-22(4,5)6/h7-10,13,18H,11-12,14H2,1-6H3/q+1. The number of fused-ring (bicyclic) bond motifs is 2. The van der Waals surface area contributed by atoms with Crippen LogP contribution in [0.25, 0.3) is 6.08 Å². The number of Topliss-reactive ketones (excluding diaryl/α,β-unsaturated/α-hetero) is 1. The molecule has 0 aromatic heterocycles. The van der Waals surface area contributed by atoms with Crippen molar-refractivity contribution in [1.29, 1.82) is 0 Å². The second kappa shape index (κ2) is 5.04. The lowest BCUT2D eigenvalue weighted by atomic mass is 9.70. The van der Waals surface area contributed by atoms with Gasteiger partial charge >= 0.3 is 0 Å². The zero-order valence-corrected chi connectivity index (χ0v) is 15.4. The fraction of sp³-hybridized carbons (Fsp3) is 0.571. The molecule has 0 spiro atoms. The van der Waals surface area contributed by atoms with Crippen LogP contribution in [0, 0.1) is 16.7 Å². The molecular weight excluding hydrogens is 282 g/mol. The minimum Gasteiger partial charge on any atom is -0.327 e. The van der Waals surface area contributed by atoms with Crippen molar-refractivity contribution in [3.8, 4) is 0 Å². The third kappa shape index (κ3) is 2.57. The van der Waals surface area contributed by atoms with Gasteiger partial charge in [-0.3, -0.25) is 4.79 Å². The number of benzene rings is 1. The quantitative estimate of drug-likeness (QED) is 0.601. The van der Waals surface area contributed by atoms with E-state index in [-0.39, 0.29) is 10.8 Å². The van der Waals surface area contributed by atoms with E-state index in [1.165, 1.54) is 5.56 Å². The van der Waals surface area contributed by atoms with Crippen LogP contribution in [0.5, 0.6) is 0 Å². The summed E-state index contributed by atoms with van der Waals surface area (Å²) in [5, 5.41) is 0. The van der Waals surface area contributed by atoms with Crippen molar-refractivity contribution in [3.05, 3.63) is 41.0 Å². The summed E-state index contributed by atoms with van der Waals surface area (Å²) in [6.07, 6.45) is 4.35. The molecule has 1 aromatic rings. The Labute approximate surface area is 140 Å². The minimum atomic E-state index is -0.160. The van der Waals surface area contributed by atoms with Gasteiger partial charge in [0.1, 0.15) is 6.54 Å². The van der Waals surface area contributed by atoms with E-state index in [2.05, 4.69) is 72.3 Å². The Hall–Kier alpha value is -1.41. The van der Waals surface area contributed by atoms with Crippen LogP contribution >= 0.6 is 0 Å². The second-order valence-corrected chi connectivity index (χ2v) is 9.26. The van der Waals surface area contributed by atoms with Crippen molar-refractivity contribution in [2.24, 2.45) is 16.7 Å². The first-order valence-electron chi connectivity index (χ1n) is 8.70. The molecule has 2 aliphatic carbocycles. The molecule has 2 fully saturated rings. The Morgan fingerprint density at radius 3 is 2.22 bits per heavy atom. The van der Waals surface area contributed by atoms with Gasteiger partial charge in [0.05, 0.1) is 21.1 Å². The number of nitrogens with zero attached hydrogens (tertiary/aromatic N) is 1. The molecule has 0 heterocycles. The Morgan fingerprint density at radius 1 is 1.13 bits per heavy atom. The lowest BCUT2D eigenvalue weighted by Crippen LogP contribution is -2.33. The van der Waals surface area contributed by atoms with Crippen molar-refractivity contribution >= 4 is 11.9 Å². The number of ketones is 1. The maximum Gasteiger partial charge on any atom is 0.165 e. The van der Waals surface area contributed by atoms with E-state index < -0.39 is 0 Å². The molecule has 0 aliphatic heterocycles. The van der Waals surface area contributed by atoms with Gasteiger partial charge in [-0.1, -0.05) is 45.0 Å². The van der Waals surface area contributed by atoms with Gasteiger partial charge in [0.25, 0.3) is 0 Å². The molecule has 0 radical (unpaired) electrons. The molecule has 2 bridgehead atoms. The van der Waals surface area contributed by atoms with E-state index in [4.69, 9.17) is 0 Å². The molecule has 2 heteroatoms. The number of carbonyl (C=O) groups is 1. The fourth-order valence-electron chi connectivity index (χ4n) is 4.54. The number of hydrogen-bond acceptors (Lipinski definition) is 1. The zero-order chi connectivity index (χ0) is 17.0. The lowest BCUT2D eigenvalue weighted by Gasteiger charge is -2.31. The Morgan fingerprint density at radius 2 is 1.74 bits per heavy atom. The van der Waals surface area contributed by atoms with Gasteiger partial charge < -0.3 is 4.48 Å². The average molecular weight is 312 g/mol. The van der Waals surface area contributed by atoms with Crippen molar-refractivity contribution in [2.75, 3.05) is 21.1 Å². The molecule has 2 aliphatic rings. The largest absolute Gasteiger partial charge is 0.327 e. The summed E-state index contributed by atoms with van der Waals surface area (Å²) in [7, 11) is 6.60. The smallest absolute Gasteiger partial charge is 0.165 e. The third-order valence-corrected chi connectivity index (χ3v) is 6.32. The van der Waals surface area contributed by atoms with Crippen molar-refractivity contribution < 1.29 is 9.28 Å². The molecule has 2 saturated carbocycles. The normalized spacial score (nSPS) is 31.1. The van der Waals surface area contributed by atoms with E-state index in [1.807, 2.05) is 0 Å². The van der Waals surface area contributed by atoms with Crippen LogP contribution < -0.4 is 0 Å². The maximum atomic E-state index is 12.9. The van der Waals surface area contributed by atoms with Crippen LogP contribution in [0.4, 0.5) is 0 Å². The highest BCUT2D eigenvalue weighted by Gasteiger charge is 2.63. The van der Waals surface area contributed by atoms with Crippen LogP contribution in [0.2, 0.25) is 0 Å². The molecule has 2 atom stereocenters. The summed E-state index contributed by atoms with van der Waals surface area (Å²) >= 11 is 0. The summed E-state index contributed by atoms with van der Waals surface area (Å²) in [5.74, 6) is 0.806. The number of quaternary nitrogens is 1. The SMILES string of the molecule is CC12CCC(C(=Cc3ccc(C[N+](C)(C)C)cc3)C1=O)C2(C)C. The van der Waals surface area contributed by atoms with Crippen LogP contribution in [0.15, 0.2) is 29.8 Å². The molecule has 2 unspecified atom stereocenters. The highest BCUT2D eigenvalue weighted by atomic mass is 16.1. The molecule has 124 valence electrons. The second-order valence-electron chi connectivity index (χ2n) is 9.26. The first kappa shape index (κ1) is 16.4. The lowest BCUT2D eigenvalue weighted by molar-refractivity contribution is -0.884. The van der Waals surface area contributed by atoms with Crippen LogP contribution in [0.1, 0.15) is 44.7 Å². The molecule has 0 saturated heterocycles. The summed E-state index contributed by atoms with van der Waals surface area (Å²) in [6.45, 7) is 7.73. The molecule has 2 nitrogen and oxygen atoms in total. The van der Waals surface area contributed by atoms with Gasteiger partial charge in [-0.25, -0.2) is 0 Å². The van der Waals surface area contributed by atoms with E-state index in [1.54, 1.807) is 0 Å².